The number of carbonyl (C=O) groups is 2. The molecule has 0 heterocycles. The number of hydrogen-bond donors (Lipinski definition) is 0. The number of ketones is 1. The number of ether oxygens (including phenoxy) is 1. The molecule has 1 saturated carbocycles. The minimum atomic E-state index is -0.724. The summed E-state index contributed by atoms with van der Waals surface area (Å²) in [7, 11) is 0. The Morgan fingerprint density at radius 1 is 1.27 bits per heavy atom. The second kappa shape index (κ2) is 5.71. The van der Waals surface area contributed by atoms with E-state index in [1.54, 1.807) is 6.08 Å². The molecule has 2 aliphatic rings. The quantitative estimate of drug-likeness (QED) is 0.802. The van der Waals surface area contributed by atoms with Crippen LogP contribution in [-0.4, -0.2) is 18.4 Å². The molecule has 1 spiro atoms. The van der Waals surface area contributed by atoms with Gasteiger partial charge in [0.1, 0.15) is 0 Å². The maximum Gasteiger partial charge on any atom is 0.310 e. The lowest BCUT2D eigenvalue weighted by Crippen LogP contribution is -2.46. The normalized spacial score (nSPS) is 29.6. The van der Waals surface area contributed by atoms with Crippen LogP contribution in [0.5, 0.6) is 0 Å². The minimum absolute atomic E-state index is 0.0557. The Kier molecular flexibility index (Phi) is 3.90. The van der Waals surface area contributed by atoms with Crippen LogP contribution in [0.15, 0.2) is 30.3 Å². The van der Waals surface area contributed by atoms with Gasteiger partial charge in [-0.15, -0.1) is 0 Å². The summed E-state index contributed by atoms with van der Waals surface area (Å²) >= 11 is 0. The van der Waals surface area contributed by atoms with Gasteiger partial charge >= 0.3 is 5.97 Å². The van der Waals surface area contributed by atoms with Gasteiger partial charge in [0.15, 0.2) is 5.78 Å². The highest BCUT2D eigenvalue weighted by Crippen LogP contribution is 2.53. The van der Waals surface area contributed by atoms with E-state index in [9.17, 15) is 9.59 Å². The van der Waals surface area contributed by atoms with Crippen LogP contribution in [0.2, 0.25) is 0 Å². The summed E-state index contributed by atoms with van der Waals surface area (Å²) in [5, 5.41) is 0. The Hall–Kier alpha value is -1.90. The lowest BCUT2D eigenvalue weighted by Gasteiger charge is -2.37. The van der Waals surface area contributed by atoms with Crippen molar-refractivity contribution in [1.82, 2.24) is 0 Å². The van der Waals surface area contributed by atoms with E-state index in [-0.39, 0.29) is 23.6 Å². The molecule has 3 nitrogen and oxygen atoms in total. The Morgan fingerprint density at radius 3 is 2.77 bits per heavy atom. The van der Waals surface area contributed by atoms with Gasteiger partial charge in [0.2, 0.25) is 0 Å². The molecule has 0 aromatic heterocycles. The van der Waals surface area contributed by atoms with Crippen molar-refractivity contribution >= 4 is 17.8 Å². The molecule has 3 heteroatoms. The first-order chi connectivity index (χ1) is 10.6. The highest BCUT2D eigenvalue weighted by molar-refractivity contribution is 6.08. The van der Waals surface area contributed by atoms with Crippen LogP contribution in [0.25, 0.3) is 6.08 Å². The van der Waals surface area contributed by atoms with Gasteiger partial charge < -0.3 is 4.74 Å². The highest BCUT2D eigenvalue weighted by Gasteiger charge is 2.58. The minimum Gasteiger partial charge on any atom is -0.466 e. The van der Waals surface area contributed by atoms with E-state index in [4.69, 9.17) is 4.74 Å². The van der Waals surface area contributed by atoms with E-state index in [2.05, 4.69) is 6.92 Å². The van der Waals surface area contributed by atoms with E-state index in [0.29, 0.717) is 6.61 Å². The molecule has 1 aromatic rings. The Balaban J connectivity index is 2.15. The monoisotopic (exact) mass is 298 g/mol. The Bertz CT molecular complexity index is 631. The summed E-state index contributed by atoms with van der Waals surface area (Å²) in [6.45, 7) is 4.26. The highest BCUT2D eigenvalue weighted by atomic mass is 16.5. The summed E-state index contributed by atoms with van der Waals surface area (Å²) in [5.41, 5.74) is 1.32. The molecule has 2 aliphatic carbocycles. The van der Waals surface area contributed by atoms with Gasteiger partial charge in [-0.1, -0.05) is 43.7 Å². The van der Waals surface area contributed by atoms with E-state index in [1.807, 2.05) is 37.3 Å². The lowest BCUT2D eigenvalue weighted by atomic mass is 9.64. The van der Waals surface area contributed by atoms with Gasteiger partial charge in [0.05, 0.1) is 17.9 Å². The molecule has 1 aromatic carbocycles. The average molecular weight is 298 g/mol. The number of rotatable bonds is 3. The van der Waals surface area contributed by atoms with Crippen molar-refractivity contribution in [1.29, 1.82) is 0 Å². The van der Waals surface area contributed by atoms with Crippen LogP contribution < -0.4 is 0 Å². The lowest BCUT2D eigenvalue weighted by molar-refractivity contribution is -0.153. The van der Waals surface area contributed by atoms with E-state index in [1.165, 1.54) is 0 Å². The number of allylic oxidation sites excluding steroid dienone is 1. The number of hydrogen-bond acceptors (Lipinski definition) is 3. The molecule has 0 radical (unpaired) electrons. The molecule has 22 heavy (non-hydrogen) atoms. The molecule has 1 fully saturated rings. The van der Waals surface area contributed by atoms with Gasteiger partial charge in [0.25, 0.3) is 0 Å². The molecule has 116 valence electrons. The van der Waals surface area contributed by atoms with E-state index < -0.39 is 5.41 Å². The predicted octanol–water partition coefficient (Wildman–Crippen LogP) is 3.52. The van der Waals surface area contributed by atoms with E-state index in [0.717, 1.165) is 30.4 Å². The summed E-state index contributed by atoms with van der Waals surface area (Å²) in [4.78, 5) is 25.5. The number of carbonyl (C=O) groups excluding carboxylic acids is 2. The summed E-state index contributed by atoms with van der Waals surface area (Å²) in [5.74, 6) is -0.316. The first-order valence-corrected chi connectivity index (χ1v) is 8.13. The Morgan fingerprint density at radius 2 is 2.05 bits per heavy atom. The third kappa shape index (κ3) is 2.03. The van der Waals surface area contributed by atoms with Crippen molar-refractivity contribution in [3.63, 3.8) is 0 Å². The van der Waals surface area contributed by atoms with Gasteiger partial charge in [0, 0.05) is 0 Å². The van der Waals surface area contributed by atoms with Gasteiger partial charge in [-0.2, -0.15) is 0 Å². The molecule has 3 unspecified atom stereocenters. The predicted molar refractivity (Wildman–Crippen MR) is 85.3 cm³/mol. The zero-order valence-corrected chi connectivity index (χ0v) is 13.2. The smallest absolute Gasteiger partial charge is 0.310 e. The second-order valence-corrected chi connectivity index (χ2v) is 6.19. The molecule has 0 bridgehead atoms. The van der Waals surface area contributed by atoms with Gasteiger partial charge in [-0.05, 0) is 42.9 Å². The first-order valence-electron chi connectivity index (χ1n) is 8.13. The van der Waals surface area contributed by atoms with Crippen molar-refractivity contribution < 1.29 is 14.3 Å². The van der Waals surface area contributed by atoms with Gasteiger partial charge in [-0.3, -0.25) is 9.59 Å². The van der Waals surface area contributed by atoms with E-state index >= 15 is 0 Å². The molecular formula is C19H22O3. The van der Waals surface area contributed by atoms with Crippen molar-refractivity contribution in [3.05, 3.63) is 41.5 Å². The maximum atomic E-state index is 12.9. The van der Waals surface area contributed by atoms with Crippen LogP contribution >= 0.6 is 0 Å². The van der Waals surface area contributed by atoms with Crippen LogP contribution in [0.4, 0.5) is 0 Å². The largest absolute Gasteiger partial charge is 0.466 e. The van der Waals surface area contributed by atoms with Crippen LogP contribution in [0.3, 0.4) is 0 Å². The van der Waals surface area contributed by atoms with Crippen LogP contribution in [0.1, 0.15) is 44.2 Å². The van der Waals surface area contributed by atoms with Crippen molar-refractivity contribution in [2.75, 3.05) is 6.61 Å². The molecule has 3 rings (SSSR count). The van der Waals surface area contributed by atoms with Crippen molar-refractivity contribution in [2.45, 2.75) is 38.5 Å². The van der Waals surface area contributed by atoms with Crippen molar-refractivity contribution in [2.24, 2.45) is 11.8 Å². The number of fused-ring (bicyclic) bond motifs is 2. The second-order valence-electron chi connectivity index (χ2n) is 6.19. The number of benzene rings is 1. The molecule has 0 N–H and O–H groups in total. The molecule has 0 aliphatic heterocycles. The summed E-state index contributed by atoms with van der Waals surface area (Å²) in [6, 6.07) is 7.94. The van der Waals surface area contributed by atoms with Gasteiger partial charge in [-0.25, -0.2) is 0 Å². The number of esters is 1. The fourth-order valence-corrected chi connectivity index (χ4v) is 4.28. The summed E-state index contributed by atoms with van der Waals surface area (Å²) < 4.78 is 5.33. The zero-order chi connectivity index (χ0) is 15.7. The summed E-state index contributed by atoms with van der Waals surface area (Å²) in [6.07, 6.45) is 6.03. The van der Waals surface area contributed by atoms with Crippen LogP contribution in [0, 0.1) is 11.8 Å². The first kappa shape index (κ1) is 15.0. The maximum absolute atomic E-state index is 12.9. The molecule has 0 amide bonds. The van der Waals surface area contributed by atoms with Crippen molar-refractivity contribution in [3.8, 4) is 0 Å². The topological polar surface area (TPSA) is 43.4 Å². The zero-order valence-electron chi connectivity index (χ0n) is 13.2. The molecule has 0 saturated heterocycles. The van der Waals surface area contributed by atoms with Crippen LogP contribution in [-0.2, 0) is 19.7 Å². The standard InChI is InChI=1S/C19H22O3/c1-3-13-11-12-19(17(13)18(21)22-4-2)15-8-6-5-7-14(15)9-10-16(19)20/h5-10,13,17H,3-4,11-12H2,1-2H3. The molecule has 3 atom stereocenters. The third-order valence-corrected chi connectivity index (χ3v) is 5.27. The third-order valence-electron chi connectivity index (χ3n) is 5.27. The fourth-order valence-electron chi connectivity index (χ4n) is 4.28. The Labute approximate surface area is 131 Å². The molecular weight excluding hydrogens is 276 g/mol. The SMILES string of the molecule is CCOC(=O)C1C(CC)CCC12C(=O)C=Cc1ccccc12. The average Bonchev–Trinajstić information content (AvgIpc) is 2.92. The fraction of sp³-hybridized carbons (Fsp3) is 0.474.